The van der Waals surface area contributed by atoms with Crippen LogP contribution in [0.3, 0.4) is 0 Å². The average Bonchev–Trinajstić information content (AvgIpc) is 3.14. The molecule has 7 heteroatoms. The van der Waals surface area contributed by atoms with Gasteiger partial charge < -0.3 is 9.80 Å². The highest BCUT2D eigenvalue weighted by atomic mass is 16.2. The lowest BCUT2D eigenvalue weighted by molar-refractivity contribution is -0.134. The molecular formula is C18H26N6O. The van der Waals surface area contributed by atoms with E-state index in [0.29, 0.717) is 19.0 Å². The lowest BCUT2D eigenvalue weighted by Crippen LogP contribution is -2.50. The van der Waals surface area contributed by atoms with Gasteiger partial charge in [-0.3, -0.25) is 9.48 Å². The third kappa shape index (κ3) is 3.81. The van der Waals surface area contributed by atoms with Crippen molar-refractivity contribution in [1.82, 2.24) is 24.6 Å². The first-order chi connectivity index (χ1) is 12.0. The summed E-state index contributed by atoms with van der Waals surface area (Å²) in [5.41, 5.74) is 0.986. The molecule has 0 saturated carbocycles. The van der Waals surface area contributed by atoms with Crippen LogP contribution in [0.5, 0.6) is 0 Å². The first kappa shape index (κ1) is 17.4. The lowest BCUT2D eigenvalue weighted by atomic mass is 10.2. The second-order valence-electron chi connectivity index (χ2n) is 6.85. The van der Waals surface area contributed by atoms with Gasteiger partial charge in [0.05, 0.1) is 0 Å². The summed E-state index contributed by atoms with van der Waals surface area (Å²) in [6.07, 6.45) is 3.53. The van der Waals surface area contributed by atoms with Crippen molar-refractivity contribution in [3.63, 3.8) is 0 Å². The Hall–Kier alpha value is -2.44. The normalized spacial score (nSPS) is 16.4. The molecule has 1 fully saturated rings. The van der Waals surface area contributed by atoms with Crippen molar-refractivity contribution >= 4 is 11.7 Å². The number of hydrogen-bond acceptors (Lipinski definition) is 5. The average molecular weight is 342 g/mol. The van der Waals surface area contributed by atoms with E-state index in [1.165, 1.54) is 0 Å². The molecule has 134 valence electrons. The van der Waals surface area contributed by atoms with Crippen molar-refractivity contribution in [3.8, 4) is 0 Å². The monoisotopic (exact) mass is 342 g/mol. The van der Waals surface area contributed by atoms with Gasteiger partial charge in [0.15, 0.2) is 0 Å². The first-order valence-corrected chi connectivity index (χ1v) is 8.84. The summed E-state index contributed by atoms with van der Waals surface area (Å²) in [4.78, 5) is 26.0. The fourth-order valence-corrected chi connectivity index (χ4v) is 3.04. The molecule has 0 aromatic carbocycles. The number of rotatable bonds is 4. The second-order valence-corrected chi connectivity index (χ2v) is 6.85. The Kier molecular flexibility index (Phi) is 5.01. The zero-order valence-corrected chi connectivity index (χ0v) is 15.4. The van der Waals surface area contributed by atoms with Gasteiger partial charge in [-0.25, -0.2) is 9.97 Å². The number of carbonyl (C=O) groups is 1. The Morgan fingerprint density at radius 3 is 2.44 bits per heavy atom. The highest BCUT2D eigenvalue weighted by Crippen LogP contribution is 2.19. The molecule has 0 bridgehead atoms. The van der Waals surface area contributed by atoms with Gasteiger partial charge in [-0.15, -0.1) is 0 Å². The van der Waals surface area contributed by atoms with Crippen LogP contribution in [0.1, 0.15) is 44.2 Å². The van der Waals surface area contributed by atoms with E-state index in [2.05, 4.69) is 28.8 Å². The first-order valence-electron chi connectivity index (χ1n) is 8.84. The Bertz CT molecular complexity index is 719. The van der Waals surface area contributed by atoms with Crippen LogP contribution in [0.15, 0.2) is 24.5 Å². The number of anilines is 1. The molecule has 1 aliphatic rings. The molecule has 2 aromatic rings. The summed E-state index contributed by atoms with van der Waals surface area (Å²) >= 11 is 0. The van der Waals surface area contributed by atoms with Gasteiger partial charge in [0.1, 0.15) is 17.7 Å². The molecule has 25 heavy (non-hydrogen) atoms. The van der Waals surface area contributed by atoms with Crippen molar-refractivity contribution in [1.29, 1.82) is 0 Å². The minimum atomic E-state index is -0.268. The van der Waals surface area contributed by atoms with Crippen LogP contribution >= 0.6 is 0 Å². The predicted octanol–water partition coefficient (Wildman–Crippen LogP) is 2.01. The summed E-state index contributed by atoms with van der Waals surface area (Å²) in [6.45, 7) is 11.1. The molecule has 1 saturated heterocycles. The van der Waals surface area contributed by atoms with Crippen LogP contribution in [0.25, 0.3) is 0 Å². The lowest BCUT2D eigenvalue weighted by Gasteiger charge is -2.36. The van der Waals surface area contributed by atoms with Gasteiger partial charge >= 0.3 is 0 Å². The minimum Gasteiger partial charge on any atom is -0.353 e. The molecule has 1 atom stereocenters. The predicted molar refractivity (Wildman–Crippen MR) is 96.6 cm³/mol. The molecule has 0 radical (unpaired) electrons. The quantitative estimate of drug-likeness (QED) is 0.850. The van der Waals surface area contributed by atoms with Crippen LogP contribution in [0, 0.1) is 6.92 Å². The fourth-order valence-electron chi connectivity index (χ4n) is 3.04. The Labute approximate surface area is 148 Å². The molecular weight excluding hydrogens is 316 g/mol. The van der Waals surface area contributed by atoms with Crippen LogP contribution in [0.4, 0.5) is 5.82 Å². The number of carbonyl (C=O) groups excluding carboxylic acids is 1. The van der Waals surface area contributed by atoms with Crippen LogP contribution in [-0.2, 0) is 4.79 Å². The molecule has 1 amide bonds. The van der Waals surface area contributed by atoms with E-state index >= 15 is 0 Å². The standard InChI is InChI=1S/C18H26N6O/c1-13(2)17-20-14(3)12-16(21-17)22-8-10-23(11-9-22)18(25)15(4)24-7-5-6-19-24/h5-7,12-13,15H,8-11H2,1-4H3. The van der Waals surface area contributed by atoms with E-state index in [9.17, 15) is 4.79 Å². The molecule has 7 nitrogen and oxygen atoms in total. The Balaban J connectivity index is 1.65. The van der Waals surface area contributed by atoms with Gasteiger partial charge in [0, 0.05) is 56.3 Å². The number of aryl methyl sites for hydroxylation is 1. The summed E-state index contributed by atoms with van der Waals surface area (Å²) in [5, 5.41) is 4.17. The molecule has 1 unspecified atom stereocenters. The largest absolute Gasteiger partial charge is 0.353 e. The maximum absolute atomic E-state index is 12.7. The smallest absolute Gasteiger partial charge is 0.247 e. The zero-order chi connectivity index (χ0) is 18.0. The third-order valence-electron chi connectivity index (χ3n) is 4.57. The maximum Gasteiger partial charge on any atom is 0.247 e. The summed E-state index contributed by atoms with van der Waals surface area (Å²) in [5.74, 6) is 2.26. The van der Waals surface area contributed by atoms with Crippen LogP contribution in [0.2, 0.25) is 0 Å². The molecule has 0 spiro atoms. The number of aromatic nitrogens is 4. The number of piperazine rings is 1. The minimum absolute atomic E-state index is 0.116. The Morgan fingerprint density at radius 2 is 1.84 bits per heavy atom. The highest BCUT2D eigenvalue weighted by Gasteiger charge is 2.26. The van der Waals surface area contributed by atoms with Crippen molar-refractivity contribution in [2.45, 2.75) is 39.7 Å². The SMILES string of the molecule is Cc1cc(N2CCN(C(=O)C(C)n3cccn3)CC2)nc(C(C)C)n1. The molecule has 0 aliphatic carbocycles. The molecule has 3 heterocycles. The molecule has 2 aromatic heterocycles. The summed E-state index contributed by atoms with van der Waals surface area (Å²) in [6, 6.07) is 3.59. The topological polar surface area (TPSA) is 67.2 Å². The van der Waals surface area contributed by atoms with Gasteiger partial charge in [-0.05, 0) is 19.9 Å². The molecule has 0 N–H and O–H groups in total. The third-order valence-corrected chi connectivity index (χ3v) is 4.57. The van der Waals surface area contributed by atoms with E-state index in [1.54, 1.807) is 10.9 Å². The highest BCUT2D eigenvalue weighted by molar-refractivity contribution is 5.80. The fraction of sp³-hybridized carbons (Fsp3) is 0.556. The van der Waals surface area contributed by atoms with Crippen molar-refractivity contribution in [3.05, 3.63) is 36.0 Å². The van der Waals surface area contributed by atoms with E-state index in [4.69, 9.17) is 4.98 Å². The van der Waals surface area contributed by atoms with E-state index < -0.39 is 0 Å². The van der Waals surface area contributed by atoms with Crippen LogP contribution in [-0.4, -0.2) is 56.7 Å². The van der Waals surface area contributed by atoms with Crippen molar-refractivity contribution < 1.29 is 4.79 Å². The zero-order valence-electron chi connectivity index (χ0n) is 15.4. The van der Waals surface area contributed by atoms with E-state index in [-0.39, 0.29) is 11.9 Å². The van der Waals surface area contributed by atoms with E-state index in [1.807, 2.05) is 37.1 Å². The number of nitrogens with zero attached hydrogens (tertiary/aromatic N) is 6. The summed E-state index contributed by atoms with van der Waals surface area (Å²) in [7, 11) is 0. The second kappa shape index (κ2) is 7.21. The summed E-state index contributed by atoms with van der Waals surface area (Å²) < 4.78 is 1.71. The molecule has 3 rings (SSSR count). The Morgan fingerprint density at radius 1 is 1.12 bits per heavy atom. The molecule has 1 aliphatic heterocycles. The van der Waals surface area contributed by atoms with Gasteiger partial charge in [-0.1, -0.05) is 13.8 Å². The van der Waals surface area contributed by atoms with Crippen molar-refractivity contribution in [2.75, 3.05) is 31.1 Å². The van der Waals surface area contributed by atoms with Gasteiger partial charge in [-0.2, -0.15) is 5.10 Å². The van der Waals surface area contributed by atoms with Crippen LogP contribution < -0.4 is 4.90 Å². The van der Waals surface area contributed by atoms with Crippen molar-refractivity contribution in [2.24, 2.45) is 0 Å². The maximum atomic E-state index is 12.7. The number of amides is 1. The van der Waals surface area contributed by atoms with Gasteiger partial charge in [0.25, 0.3) is 0 Å². The number of hydrogen-bond donors (Lipinski definition) is 0. The van der Waals surface area contributed by atoms with E-state index in [0.717, 1.165) is 30.4 Å². The van der Waals surface area contributed by atoms with Gasteiger partial charge in [0.2, 0.25) is 5.91 Å².